The summed E-state index contributed by atoms with van der Waals surface area (Å²) >= 11 is 0. The number of carbonyl (C=O) groups is 1. The SMILES string of the molecule is CCCC(COCc1ccccc1)OC(C)=O. The van der Waals surface area contributed by atoms with Crippen molar-refractivity contribution >= 4 is 5.97 Å². The maximum atomic E-state index is 10.9. The molecule has 0 saturated carbocycles. The number of esters is 1. The van der Waals surface area contributed by atoms with Gasteiger partial charge in [0, 0.05) is 6.92 Å². The van der Waals surface area contributed by atoms with Crippen LogP contribution in [0.2, 0.25) is 0 Å². The lowest BCUT2D eigenvalue weighted by atomic mass is 10.2. The average Bonchev–Trinajstić information content (AvgIpc) is 2.30. The normalized spacial score (nSPS) is 12.1. The first-order valence-corrected chi connectivity index (χ1v) is 6.01. The molecule has 3 heteroatoms. The number of rotatable bonds is 7. The molecule has 0 aromatic heterocycles. The molecule has 0 aliphatic carbocycles. The first-order valence-electron chi connectivity index (χ1n) is 6.01. The fraction of sp³-hybridized carbons (Fsp3) is 0.500. The van der Waals surface area contributed by atoms with Gasteiger partial charge in [-0.1, -0.05) is 43.7 Å². The Balaban J connectivity index is 2.29. The Morgan fingerprint density at radius 2 is 2.00 bits per heavy atom. The van der Waals surface area contributed by atoms with Crippen molar-refractivity contribution in [3.63, 3.8) is 0 Å². The third-order valence-corrected chi connectivity index (χ3v) is 2.36. The van der Waals surface area contributed by atoms with Gasteiger partial charge in [-0.2, -0.15) is 0 Å². The van der Waals surface area contributed by atoms with Crippen molar-refractivity contribution in [2.45, 2.75) is 39.4 Å². The molecule has 0 N–H and O–H groups in total. The average molecular weight is 236 g/mol. The van der Waals surface area contributed by atoms with Crippen LogP contribution in [-0.2, 0) is 20.9 Å². The second kappa shape index (κ2) is 7.85. The molecule has 1 atom stereocenters. The molecule has 94 valence electrons. The maximum Gasteiger partial charge on any atom is 0.302 e. The lowest BCUT2D eigenvalue weighted by Gasteiger charge is -2.16. The maximum absolute atomic E-state index is 10.9. The largest absolute Gasteiger partial charge is 0.460 e. The lowest BCUT2D eigenvalue weighted by Crippen LogP contribution is -2.22. The highest BCUT2D eigenvalue weighted by Crippen LogP contribution is 2.06. The quantitative estimate of drug-likeness (QED) is 0.683. The molecule has 0 aliphatic rings. The Morgan fingerprint density at radius 1 is 1.29 bits per heavy atom. The second-order valence-electron chi connectivity index (χ2n) is 4.02. The highest BCUT2D eigenvalue weighted by Gasteiger charge is 2.10. The highest BCUT2D eigenvalue weighted by molar-refractivity contribution is 5.66. The Hall–Kier alpha value is -1.35. The van der Waals surface area contributed by atoms with Gasteiger partial charge in [0.1, 0.15) is 6.10 Å². The van der Waals surface area contributed by atoms with Gasteiger partial charge in [-0.05, 0) is 12.0 Å². The van der Waals surface area contributed by atoms with E-state index in [0.29, 0.717) is 13.2 Å². The summed E-state index contributed by atoms with van der Waals surface area (Å²) in [6, 6.07) is 9.96. The predicted octanol–water partition coefficient (Wildman–Crippen LogP) is 2.94. The van der Waals surface area contributed by atoms with E-state index in [0.717, 1.165) is 18.4 Å². The summed E-state index contributed by atoms with van der Waals surface area (Å²) in [7, 11) is 0. The summed E-state index contributed by atoms with van der Waals surface area (Å²) in [5.74, 6) is -0.244. The molecule has 0 aliphatic heterocycles. The van der Waals surface area contributed by atoms with E-state index in [2.05, 4.69) is 6.92 Å². The standard InChI is InChI=1S/C14H20O3/c1-3-7-14(17-12(2)15)11-16-10-13-8-5-4-6-9-13/h4-6,8-9,14H,3,7,10-11H2,1-2H3. The Labute approximate surface area is 103 Å². The number of ether oxygens (including phenoxy) is 2. The van der Waals surface area contributed by atoms with Crippen molar-refractivity contribution in [2.75, 3.05) is 6.61 Å². The smallest absolute Gasteiger partial charge is 0.302 e. The third-order valence-electron chi connectivity index (χ3n) is 2.36. The van der Waals surface area contributed by atoms with E-state index in [4.69, 9.17) is 9.47 Å². The van der Waals surface area contributed by atoms with Crippen molar-refractivity contribution < 1.29 is 14.3 Å². The molecule has 0 fully saturated rings. The van der Waals surface area contributed by atoms with Gasteiger partial charge >= 0.3 is 5.97 Å². The monoisotopic (exact) mass is 236 g/mol. The summed E-state index contributed by atoms with van der Waals surface area (Å²) in [6.45, 7) is 4.51. The molecular formula is C14H20O3. The zero-order valence-corrected chi connectivity index (χ0v) is 10.5. The molecule has 0 spiro atoms. The van der Waals surface area contributed by atoms with Gasteiger partial charge in [0.2, 0.25) is 0 Å². The van der Waals surface area contributed by atoms with Crippen molar-refractivity contribution in [2.24, 2.45) is 0 Å². The number of carbonyl (C=O) groups excluding carboxylic acids is 1. The molecule has 1 unspecified atom stereocenters. The van der Waals surface area contributed by atoms with Crippen LogP contribution < -0.4 is 0 Å². The van der Waals surface area contributed by atoms with Crippen LogP contribution in [0.15, 0.2) is 30.3 Å². The Kier molecular flexibility index (Phi) is 6.33. The summed E-state index contributed by atoms with van der Waals surface area (Å²) < 4.78 is 10.7. The summed E-state index contributed by atoms with van der Waals surface area (Å²) in [4.78, 5) is 10.9. The molecule has 0 amide bonds. The van der Waals surface area contributed by atoms with Crippen LogP contribution in [0.5, 0.6) is 0 Å². The zero-order chi connectivity index (χ0) is 12.5. The number of hydrogen-bond acceptors (Lipinski definition) is 3. The number of benzene rings is 1. The summed E-state index contributed by atoms with van der Waals surface area (Å²) in [5.41, 5.74) is 1.13. The minimum absolute atomic E-state index is 0.124. The molecule has 0 radical (unpaired) electrons. The van der Waals surface area contributed by atoms with Crippen molar-refractivity contribution in [3.8, 4) is 0 Å². The molecule has 17 heavy (non-hydrogen) atoms. The molecule has 0 bridgehead atoms. The fourth-order valence-corrected chi connectivity index (χ4v) is 1.62. The Bertz CT molecular complexity index is 321. The molecule has 1 aromatic rings. The lowest BCUT2D eigenvalue weighted by molar-refractivity contribution is -0.150. The second-order valence-corrected chi connectivity index (χ2v) is 4.02. The van der Waals surface area contributed by atoms with E-state index < -0.39 is 0 Å². The molecule has 0 saturated heterocycles. The van der Waals surface area contributed by atoms with Crippen LogP contribution in [0.4, 0.5) is 0 Å². The van der Waals surface area contributed by atoms with Gasteiger partial charge in [0.15, 0.2) is 0 Å². The molecule has 1 rings (SSSR count). The van der Waals surface area contributed by atoms with Crippen molar-refractivity contribution in [1.29, 1.82) is 0 Å². The predicted molar refractivity (Wildman–Crippen MR) is 66.6 cm³/mol. The van der Waals surface area contributed by atoms with Crippen LogP contribution in [0.1, 0.15) is 32.3 Å². The van der Waals surface area contributed by atoms with E-state index in [-0.39, 0.29) is 12.1 Å². The van der Waals surface area contributed by atoms with E-state index in [1.807, 2.05) is 30.3 Å². The first kappa shape index (κ1) is 13.7. The van der Waals surface area contributed by atoms with Gasteiger partial charge in [0.05, 0.1) is 13.2 Å². The fourth-order valence-electron chi connectivity index (χ4n) is 1.62. The topological polar surface area (TPSA) is 35.5 Å². The van der Waals surface area contributed by atoms with Crippen molar-refractivity contribution in [1.82, 2.24) is 0 Å². The molecule has 0 heterocycles. The summed E-state index contributed by atoms with van der Waals surface area (Å²) in [5, 5.41) is 0. The third kappa shape index (κ3) is 6.07. The van der Waals surface area contributed by atoms with Crippen LogP contribution >= 0.6 is 0 Å². The zero-order valence-electron chi connectivity index (χ0n) is 10.5. The van der Waals surface area contributed by atoms with Gasteiger partial charge in [-0.25, -0.2) is 0 Å². The van der Waals surface area contributed by atoms with E-state index in [1.165, 1.54) is 6.92 Å². The van der Waals surface area contributed by atoms with E-state index in [9.17, 15) is 4.79 Å². The first-order chi connectivity index (χ1) is 8.22. The van der Waals surface area contributed by atoms with Gasteiger partial charge < -0.3 is 9.47 Å². The number of hydrogen-bond donors (Lipinski definition) is 0. The van der Waals surface area contributed by atoms with E-state index in [1.54, 1.807) is 0 Å². The minimum atomic E-state index is -0.244. The Morgan fingerprint density at radius 3 is 2.59 bits per heavy atom. The van der Waals surface area contributed by atoms with Gasteiger partial charge in [0.25, 0.3) is 0 Å². The van der Waals surface area contributed by atoms with E-state index >= 15 is 0 Å². The van der Waals surface area contributed by atoms with Gasteiger partial charge in [-0.15, -0.1) is 0 Å². The minimum Gasteiger partial charge on any atom is -0.460 e. The molecule has 3 nitrogen and oxygen atoms in total. The van der Waals surface area contributed by atoms with Gasteiger partial charge in [-0.3, -0.25) is 4.79 Å². The highest BCUT2D eigenvalue weighted by atomic mass is 16.6. The molecule has 1 aromatic carbocycles. The molecular weight excluding hydrogens is 216 g/mol. The van der Waals surface area contributed by atoms with Crippen LogP contribution in [0.3, 0.4) is 0 Å². The van der Waals surface area contributed by atoms with Crippen LogP contribution in [0, 0.1) is 0 Å². The van der Waals surface area contributed by atoms with Crippen LogP contribution in [-0.4, -0.2) is 18.7 Å². The van der Waals surface area contributed by atoms with Crippen LogP contribution in [0.25, 0.3) is 0 Å². The summed E-state index contributed by atoms with van der Waals surface area (Å²) in [6.07, 6.45) is 1.70. The van der Waals surface area contributed by atoms with Crippen molar-refractivity contribution in [3.05, 3.63) is 35.9 Å².